The summed E-state index contributed by atoms with van der Waals surface area (Å²) in [5.74, 6) is 0. The third-order valence-electron chi connectivity index (χ3n) is 7.42. The van der Waals surface area contributed by atoms with Crippen LogP contribution in [0.4, 0.5) is 0 Å². The van der Waals surface area contributed by atoms with E-state index in [1.165, 1.54) is 63.3 Å². The zero-order valence-corrected chi connectivity index (χ0v) is 20.4. The average molecular weight is 489 g/mol. The molecular formula is C31H17ClS2. The second-order valence-electron chi connectivity index (χ2n) is 9.00. The van der Waals surface area contributed by atoms with Crippen LogP contribution in [-0.4, -0.2) is 0 Å². The first kappa shape index (κ1) is 19.3. The maximum absolute atomic E-state index is 6.40. The highest BCUT2D eigenvalue weighted by molar-refractivity contribution is 8.00. The fraction of sp³-hybridized carbons (Fsp3) is 0.0323. The smallest absolute Gasteiger partial charge is 0.0735 e. The van der Waals surface area contributed by atoms with E-state index in [4.69, 9.17) is 11.6 Å². The highest BCUT2D eigenvalue weighted by atomic mass is 35.5. The number of benzene rings is 5. The summed E-state index contributed by atoms with van der Waals surface area (Å²) < 4.78 is 2.64. The molecule has 0 N–H and O–H groups in total. The summed E-state index contributed by atoms with van der Waals surface area (Å²) in [6.45, 7) is 0. The van der Waals surface area contributed by atoms with E-state index in [0.717, 1.165) is 5.02 Å². The zero-order chi connectivity index (χ0) is 22.4. The maximum Gasteiger partial charge on any atom is 0.0735 e. The van der Waals surface area contributed by atoms with Crippen molar-refractivity contribution < 1.29 is 0 Å². The molecular weight excluding hydrogens is 472 g/mol. The molecule has 1 aromatic heterocycles. The van der Waals surface area contributed by atoms with Crippen LogP contribution in [0.3, 0.4) is 0 Å². The normalized spacial score (nSPS) is 14.7. The second-order valence-corrected chi connectivity index (χ2v) is 11.5. The van der Waals surface area contributed by atoms with Crippen molar-refractivity contribution in [1.82, 2.24) is 0 Å². The van der Waals surface area contributed by atoms with Crippen LogP contribution in [0.25, 0.3) is 31.3 Å². The van der Waals surface area contributed by atoms with E-state index >= 15 is 0 Å². The molecule has 5 aromatic carbocycles. The lowest BCUT2D eigenvalue weighted by Crippen LogP contribution is -2.31. The zero-order valence-electron chi connectivity index (χ0n) is 18.0. The van der Waals surface area contributed by atoms with Crippen molar-refractivity contribution in [2.45, 2.75) is 15.2 Å². The van der Waals surface area contributed by atoms with Crippen molar-refractivity contribution in [3.8, 4) is 11.1 Å². The van der Waals surface area contributed by atoms with Gasteiger partial charge in [-0.1, -0.05) is 102 Å². The van der Waals surface area contributed by atoms with Gasteiger partial charge in [-0.25, -0.2) is 0 Å². The maximum atomic E-state index is 6.40. The molecule has 0 amide bonds. The van der Waals surface area contributed by atoms with Gasteiger partial charge in [0.2, 0.25) is 0 Å². The molecule has 3 heteroatoms. The molecule has 0 radical (unpaired) electrons. The first-order valence-corrected chi connectivity index (χ1v) is 13.4. The van der Waals surface area contributed by atoms with Crippen molar-refractivity contribution in [2.75, 3.05) is 0 Å². The standard InChI is InChI=1S/C31H17ClS2/c32-18-13-16-27-22(17-18)21-14-15-26-30(29(21)33-27)34-28-12-6-5-11-25(28)31(26)23-9-3-1-7-19(23)20-8-2-4-10-24(20)31/h1-17H. The Kier molecular flexibility index (Phi) is 3.84. The van der Waals surface area contributed by atoms with E-state index in [0.29, 0.717) is 0 Å². The number of thiophene rings is 1. The first-order valence-electron chi connectivity index (χ1n) is 11.4. The topological polar surface area (TPSA) is 0 Å². The van der Waals surface area contributed by atoms with Gasteiger partial charge in [-0.15, -0.1) is 11.3 Å². The van der Waals surface area contributed by atoms with Crippen molar-refractivity contribution in [3.05, 3.63) is 130 Å². The molecule has 0 fully saturated rings. The Balaban J connectivity index is 1.58. The summed E-state index contributed by atoms with van der Waals surface area (Å²) >= 11 is 10.2. The minimum atomic E-state index is -0.313. The van der Waals surface area contributed by atoms with Crippen molar-refractivity contribution in [3.63, 3.8) is 0 Å². The van der Waals surface area contributed by atoms with Crippen molar-refractivity contribution in [2.24, 2.45) is 0 Å². The van der Waals surface area contributed by atoms with Gasteiger partial charge in [0.1, 0.15) is 0 Å². The molecule has 1 aliphatic carbocycles. The fourth-order valence-corrected chi connectivity index (χ4v) is 8.90. The molecule has 0 atom stereocenters. The van der Waals surface area contributed by atoms with Gasteiger partial charge < -0.3 is 0 Å². The van der Waals surface area contributed by atoms with Crippen LogP contribution in [0.1, 0.15) is 22.3 Å². The lowest BCUT2D eigenvalue weighted by atomic mass is 9.67. The molecule has 8 rings (SSSR count). The SMILES string of the molecule is Clc1ccc2sc3c4c(ccc3c2c1)C1(c2ccccc2S4)c2ccccc2-c2ccccc21. The third-order valence-corrected chi connectivity index (χ3v) is 10.2. The molecule has 2 aliphatic rings. The molecule has 0 bridgehead atoms. The minimum Gasteiger partial charge on any atom is -0.134 e. The number of rotatable bonds is 0. The van der Waals surface area contributed by atoms with E-state index < -0.39 is 0 Å². The summed E-state index contributed by atoms with van der Waals surface area (Å²) in [5, 5.41) is 3.33. The van der Waals surface area contributed by atoms with Crippen LogP contribution in [-0.2, 0) is 5.41 Å². The number of hydrogen-bond acceptors (Lipinski definition) is 2. The predicted octanol–water partition coefficient (Wildman–Crippen LogP) is 9.54. The van der Waals surface area contributed by atoms with Crippen LogP contribution in [0.15, 0.2) is 113 Å². The van der Waals surface area contributed by atoms with E-state index in [2.05, 4.69) is 97.1 Å². The van der Waals surface area contributed by atoms with Gasteiger partial charge in [-0.3, -0.25) is 0 Å². The van der Waals surface area contributed by atoms with Crippen LogP contribution in [0.2, 0.25) is 5.02 Å². The summed E-state index contributed by atoms with van der Waals surface area (Å²) in [6.07, 6.45) is 0. The number of hydrogen-bond donors (Lipinski definition) is 0. The molecule has 34 heavy (non-hydrogen) atoms. The Morgan fingerprint density at radius 3 is 2.03 bits per heavy atom. The van der Waals surface area contributed by atoms with Crippen LogP contribution < -0.4 is 0 Å². The van der Waals surface area contributed by atoms with E-state index in [1.807, 2.05) is 29.2 Å². The Bertz CT molecular complexity index is 1760. The van der Waals surface area contributed by atoms with E-state index in [9.17, 15) is 0 Å². The molecule has 2 heterocycles. The average Bonchev–Trinajstić information content (AvgIpc) is 3.39. The summed E-state index contributed by atoms with van der Waals surface area (Å²) in [7, 11) is 0. The van der Waals surface area contributed by atoms with Crippen molar-refractivity contribution in [1.29, 1.82) is 0 Å². The predicted molar refractivity (Wildman–Crippen MR) is 146 cm³/mol. The van der Waals surface area contributed by atoms with Crippen LogP contribution in [0.5, 0.6) is 0 Å². The molecule has 1 spiro atoms. The van der Waals surface area contributed by atoms with Crippen LogP contribution in [0, 0.1) is 0 Å². The number of fused-ring (bicyclic) bond motifs is 13. The largest absolute Gasteiger partial charge is 0.134 e. The minimum absolute atomic E-state index is 0.313. The lowest BCUT2D eigenvalue weighted by molar-refractivity contribution is 0.726. The summed E-state index contributed by atoms with van der Waals surface area (Å²) in [4.78, 5) is 2.71. The molecule has 6 aromatic rings. The Hall–Kier alpha value is -3.04. The van der Waals surface area contributed by atoms with Gasteiger partial charge in [0, 0.05) is 35.0 Å². The van der Waals surface area contributed by atoms with E-state index in [-0.39, 0.29) is 5.41 Å². The monoisotopic (exact) mass is 488 g/mol. The van der Waals surface area contributed by atoms with Crippen LogP contribution >= 0.6 is 34.7 Å². The van der Waals surface area contributed by atoms with Gasteiger partial charge in [0.05, 0.1) is 5.41 Å². The van der Waals surface area contributed by atoms with Gasteiger partial charge in [0.25, 0.3) is 0 Å². The molecule has 0 saturated carbocycles. The van der Waals surface area contributed by atoms with Crippen molar-refractivity contribution >= 4 is 54.9 Å². The number of halogens is 1. The molecule has 0 unspecified atom stereocenters. The summed E-state index contributed by atoms with van der Waals surface area (Å²) in [5.41, 5.74) is 7.91. The Morgan fingerprint density at radius 2 is 1.26 bits per heavy atom. The molecule has 160 valence electrons. The highest BCUT2D eigenvalue weighted by Gasteiger charge is 2.50. The van der Waals surface area contributed by atoms with Gasteiger partial charge in [0.15, 0.2) is 0 Å². The molecule has 0 saturated heterocycles. The van der Waals surface area contributed by atoms with Gasteiger partial charge >= 0.3 is 0 Å². The first-order chi connectivity index (χ1) is 16.8. The molecule has 1 aliphatic heterocycles. The molecule has 0 nitrogen and oxygen atoms in total. The Morgan fingerprint density at radius 1 is 0.588 bits per heavy atom. The second kappa shape index (κ2) is 6.76. The summed E-state index contributed by atoms with van der Waals surface area (Å²) in [6, 6.07) is 37.9. The highest BCUT2D eigenvalue weighted by Crippen LogP contribution is 2.63. The van der Waals surface area contributed by atoms with Gasteiger partial charge in [-0.2, -0.15) is 0 Å². The Labute approximate surface area is 210 Å². The van der Waals surface area contributed by atoms with Gasteiger partial charge in [-0.05, 0) is 57.6 Å². The quantitative estimate of drug-likeness (QED) is 0.205. The van der Waals surface area contributed by atoms with E-state index in [1.54, 1.807) is 0 Å². The fourth-order valence-electron chi connectivity index (χ4n) is 6.12. The lowest BCUT2D eigenvalue weighted by Gasteiger charge is -2.39. The third kappa shape index (κ3) is 2.27.